The zero-order chi connectivity index (χ0) is 15.4. The van der Waals surface area contributed by atoms with Crippen LogP contribution in [0, 0.1) is 11.8 Å². The highest BCUT2D eigenvalue weighted by Crippen LogP contribution is 2.38. The first-order valence-electron chi connectivity index (χ1n) is 7.79. The molecule has 0 aromatic carbocycles. The highest BCUT2D eigenvalue weighted by molar-refractivity contribution is 5.97. The number of nitrogens with one attached hydrogen (secondary N) is 2. The van der Waals surface area contributed by atoms with E-state index < -0.39 is 18.0 Å². The van der Waals surface area contributed by atoms with Crippen molar-refractivity contribution in [3.8, 4) is 0 Å². The Labute approximate surface area is 125 Å². The topological polar surface area (TPSA) is 84.5 Å². The minimum absolute atomic E-state index is 0.0867. The maximum absolute atomic E-state index is 11.8. The van der Waals surface area contributed by atoms with Crippen LogP contribution in [0.3, 0.4) is 0 Å². The molecule has 2 aliphatic carbocycles. The SMILES string of the molecule is C[C@H](OC(=O)[C@H]1C[C@@H]1C)C(=O)NC(=O)NC1CCCCC1. The first-order chi connectivity index (χ1) is 9.97. The van der Waals surface area contributed by atoms with E-state index in [1.165, 1.54) is 13.3 Å². The number of ether oxygens (including phenoxy) is 1. The summed E-state index contributed by atoms with van der Waals surface area (Å²) in [7, 11) is 0. The minimum atomic E-state index is -0.942. The highest BCUT2D eigenvalue weighted by atomic mass is 16.5. The summed E-state index contributed by atoms with van der Waals surface area (Å²) in [6, 6.07) is -0.369. The van der Waals surface area contributed by atoms with Crippen molar-refractivity contribution in [1.82, 2.24) is 10.6 Å². The maximum atomic E-state index is 11.8. The van der Waals surface area contributed by atoms with Crippen LogP contribution in [0.2, 0.25) is 0 Å². The fraction of sp³-hybridized carbons (Fsp3) is 0.800. The Bertz CT molecular complexity index is 418. The molecule has 0 bridgehead atoms. The molecule has 2 fully saturated rings. The van der Waals surface area contributed by atoms with E-state index in [2.05, 4.69) is 10.6 Å². The molecule has 3 amide bonds. The van der Waals surface area contributed by atoms with Gasteiger partial charge in [0.2, 0.25) is 0 Å². The van der Waals surface area contributed by atoms with Crippen molar-refractivity contribution in [3.63, 3.8) is 0 Å². The van der Waals surface area contributed by atoms with Crippen LogP contribution >= 0.6 is 0 Å². The Morgan fingerprint density at radius 1 is 1.14 bits per heavy atom. The van der Waals surface area contributed by atoms with Gasteiger partial charge in [0, 0.05) is 6.04 Å². The molecule has 0 spiro atoms. The number of carbonyl (C=O) groups excluding carboxylic acids is 3. The molecule has 21 heavy (non-hydrogen) atoms. The molecule has 2 saturated carbocycles. The van der Waals surface area contributed by atoms with E-state index in [0.717, 1.165) is 32.1 Å². The summed E-state index contributed by atoms with van der Waals surface area (Å²) in [5, 5.41) is 5.03. The second-order valence-corrected chi connectivity index (χ2v) is 6.20. The zero-order valence-corrected chi connectivity index (χ0v) is 12.7. The largest absolute Gasteiger partial charge is 0.452 e. The molecule has 2 rings (SSSR count). The normalized spacial score (nSPS) is 26.6. The molecule has 0 unspecified atom stereocenters. The summed E-state index contributed by atoms with van der Waals surface area (Å²) in [6.07, 6.45) is 5.18. The number of esters is 1. The van der Waals surface area contributed by atoms with Gasteiger partial charge in [0.25, 0.3) is 5.91 Å². The van der Waals surface area contributed by atoms with Crippen molar-refractivity contribution in [2.75, 3.05) is 0 Å². The number of urea groups is 1. The number of hydrogen-bond acceptors (Lipinski definition) is 4. The van der Waals surface area contributed by atoms with Crippen LogP contribution < -0.4 is 10.6 Å². The summed E-state index contributed by atoms with van der Waals surface area (Å²) >= 11 is 0. The van der Waals surface area contributed by atoms with Gasteiger partial charge in [-0.25, -0.2) is 4.79 Å². The highest BCUT2D eigenvalue weighted by Gasteiger charge is 2.41. The lowest BCUT2D eigenvalue weighted by molar-refractivity contribution is -0.156. The van der Waals surface area contributed by atoms with Gasteiger partial charge in [-0.05, 0) is 32.1 Å². The van der Waals surface area contributed by atoms with Crippen LogP contribution in [0.4, 0.5) is 4.79 Å². The predicted octanol–water partition coefficient (Wildman–Crippen LogP) is 1.73. The monoisotopic (exact) mass is 296 g/mol. The maximum Gasteiger partial charge on any atom is 0.321 e. The van der Waals surface area contributed by atoms with Crippen LogP contribution in [-0.2, 0) is 14.3 Å². The second kappa shape index (κ2) is 6.91. The van der Waals surface area contributed by atoms with Gasteiger partial charge in [-0.15, -0.1) is 0 Å². The van der Waals surface area contributed by atoms with Crippen LogP contribution in [0.15, 0.2) is 0 Å². The van der Waals surface area contributed by atoms with Crippen LogP contribution in [0.25, 0.3) is 0 Å². The van der Waals surface area contributed by atoms with Gasteiger partial charge in [-0.2, -0.15) is 0 Å². The van der Waals surface area contributed by atoms with E-state index in [4.69, 9.17) is 4.74 Å². The lowest BCUT2D eigenvalue weighted by Gasteiger charge is -2.23. The molecule has 6 heteroatoms. The molecule has 0 aromatic heterocycles. The minimum Gasteiger partial charge on any atom is -0.452 e. The summed E-state index contributed by atoms with van der Waals surface area (Å²) in [4.78, 5) is 35.2. The van der Waals surface area contributed by atoms with Crippen molar-refractivity contribution >= 4 is 17.9 Å². The molecular weight excluding hydrogens is 272 g/mol. The van der Waals surface area contributed by atoms with Gasteiger partial charge in [-0.1, -0.05) is 26.2 Å². The fourth-order valence-corrected chi connectivity index (χ4v) is 2.65. The molecule has 6 nitrogen and oxygen atoms in total. The average Bonchev–Trinajstić information content (AvgIpc) is 3.16. The second-order valence-electron chi connectivity index (χ2n) is 6.20. The van der Waals surface area contributed by atoms with Gasteiger partial charge in [0.1, 0.15) is 0 Å². The molecular formula is C15H24N2O4. The molecule has 118 valence electrons. The van der Waals surface area contributed by atoms with Crippen LogP contribution in [0.5, 0.6) is 0 Å². The zero-order valence-electron chi connectivity index (χ0n) is 12.7. The Balaban J connectivity index is 1.69. The predicted molar refractivity (Wildman–Crippen MR) is 76.4 cm³/mol. The third-order valence-electron chi connectivity index (χ3n) is 4.25. The molecule has 0 aliphatic heterocycles. The molecule has 0 aromatic rings. The number of carbonyl (C=O) groups is 3. The Kier molecular flexibility index (Phi) is 5.20. The summed E-state index contributed by atoms with van der Waals surface area (Å²) in [5.74, 6) is -0.679. The first kappa shape index (κ1) is 15.8. The van der Waals surface area contributed by atoms with E-state index in [-0.39, 0.29) is 17.9 Å². The van der Waals surface area contributed by atoms with E-state index in [9.17, 15) is 14.4 Å². The Hall–Kier alpha value is -1.59. The van der Waals surface area contributed by atoms with Gasteiger partial charge in [-0.3, -0.25) is 14.9 Å². The van der Waals surface area contributed by atoms with Crippen LogP contribution in [0.1, 0.15) is 52.4 Å². The third-order valence-corrected chi connectivity index (χ3v) is 4.25. The van der Waals surface area contributed by atoms with Crippen molar-refractivity contribution in [2.24, 2.45) is 11.8 Å². The molecule has 0 radical (unpaired) electrons. The molecule has 0 saturated heterocycles. The first-order valence-corrected chi connectivity index (χ1v) is 7.79. The number of hydrogen-bond donors (Lipinski definition) is 2. The van der Waals surface area contributed by atoms with Gasteiger partial charge in [0.05, 0.1) is 5.92 Å². The smallest absolute Gasteiger partial charge is 0.321 e. The van der Waals surface area contributed by atoms with E-state index in [1.807, 2.05) is 6.92 Å². The molecule has 2 N–H and O–H groups in total. The van der Waals surface area contributed by atoms with Crippen LogP contribution in [-0.4, -0.2) is 30.1 Å². The number of imide groups is 1. The summed E-state index contributed by atoms with van der Waals surface area (Å²) < 4.78 is 5.07. The molecule has 2 aliphatic rings. The number of amides is 3. The van der Waals surface area contributed by atoms with E-state index >= 15 is 0 Å². The Morgan fingerprint density at radius 2 is 1.76 bits per heavy atom. The van der Waals surface area contributed by atoms with Crippen molar-refractivity contribution in [2.45, 2.75) is 64.5 Å². The number of rotatable bonds is 4. The van der Waals surface area contributed by atoms with Crippen molar-refractivity contribution in [1.29, 1.82) is 0 Å². The van der Waals surface area contributed by atoms with E-state index in [0.29, 0.717) is 5.92 Å². The van der Waals surface area contributed by atoms with Gasteiger partial charge < -0.3 is 10.1 Å². The average molecular weight is 296 g/mol. The standard InChI is InChI=1S/C15H24N2O4/c1-9-8-12(9)14(19)21-10(2)13(18)17-15(20)16-11-6-4-3-5-7-11/h9-12H,3-8H2,1-2H3,(H2,16,17,18,20)/t9-,10-,12-/m0/s1. The van der Waals surface area contributed by atoms with Gasteiger partial charge >= 0.3 is 12.0 Å². The fourth-order valence-electron chi connectivity index (χ4n) is 2.65. The lowest BCUT2D eigenvalue weighted by Crippen LogP contribution is -2.48. The quantitative estimate of drug-likeness (QED) is 0.774. The van der Waals surface area contributed by atoms with Crippen molar-refractivity contribution in [3.05, 3.63) is 0 Å². The van der Waals surface area contributed by atoms with Crippen molar-refractivity contribution < 1.29 is 19.1 Å². The Morgan fingerprint density at radius 3 is 2.33 bits per heavy atom. The third kappa shape index (κ3) is 4.72. The molecule has 3 atom stereocenters. The molecule has 0 heterocycles. The van der Waals surface area contributed by atoms with E-state index in [1.54, 1.807) is 0 Å². The lowest BCUT2D eigenvalue weighted by atomic mass is 9.96. The summed E-state index contributed by atoms with van der Waals surface area (Å²) in [5.41, 5.74) is 0. The summed E-state index contributed by atoms with van der Waals surface area (Å²) in [6.45, 7) is 3.45. The van der Waals surface area contributed by atoms with Gasteiger partial charge in [0.15, 0.2) is 6.10 Å².